The van der Waals surface area contributed by atoms with E-state index in [4.69, 9.17) is 0 Å². The van der Waals surface area contributed by atoms with Crippen LogP contribution in [0.15, 0.2) is 35.1 Å². The molecule has 0 amide bonds. The third-order valence-electron chi connectivity index (χ3n) is 2.75. The summed E-state index contributed by atoms with van der Waals surface area (Å²) in [7, 11) is 0. The van der Waals surface area contributed by atoms with Crippen LogP contribution in [-0.4, -0.2) is 9.78 Å². The Morgan fingerprint density at radius 2 is 1.81 bits per heavy atom. The Balaban J connectivity index is 2.60. The molecule has 1 aromatic carbocycles. The molecule has 0 spiro atoms. The number of H-pyrrole nitrogens is 1. The lowest BCUT2D eigenvalue weighted by atomic mass is 10.1. The molecule has 1 aromatic heterocycles. The van der Waals surface area contributed by atoms with Crippen LogP contribution in [0.2, 0.25) is 0 Å². The first kappa shape index (κ1) is 10.7. The van der Waals surface area contributed by atoms with Gasteiger partial charge in [0.1, 0.15) is 0 Å². The van der Waals surface area contributed by atoms with Crippen LogP contribution < -0.4 is 5.56 Å². The molecule has 2 rings (SSSR count). The SMILES string of the molecule is Cc1c(C(C)C)[nH]n(-c2ccccc2)c1=O. The molecule has 0 saturated carbocycles. The van der Waals surface area contributed by atoms with E-state index in [1.165, 1.54) is 0 Å². The Morgan fingerprint density at radius 3 is 2.31 bits per heavy atom. The molecular formula is C13H16N2O. The van der Waals surface area contributed by atoms with Crippen LogP contribution in [0.1, 0.15) is 31.0 Å². The van der Waals surface area contributed by atoms with E-state index in [0.29, 0.717) is 5.92 Å². The maximum atomic E-state index is 12.0. The number of rotatable bonds is 2. The van der Waals surface area contributed by atoms with Crippen LogP contribution in [-0.2, 0) is 0 Å². The minimum absolute atomic E-state index is 0.0369. The lowest BCUT2D eigenvalue weighted by molar-refractivity contribution is 0.759. The van der Waals surface area contributed by atoms with E-state index in [1.807, 2.05) is 37.3 Å². The second-order valence-corrected chi connectivity index (χ2v) is 4.28. The highest BCUT2D eigenvalue weighted by Crippen LogP contribution is 2.15. The van der Waals surface area contributed by atoms with Crippen molar-refractivity contribution in [2.24, 2.45) is 0 Å². The fraction of sp³-hybridized carbons (Fsp3) is 0.308. The van der Waals surface area contributed by atoms with E-state index in [0.717, 1.165) is 16.9 Å². The van der Waals surface area contributed by atoms with Gasteiger partial charge in [0, 0.05) is 11.3 Å². The van der Waals surface area contributed by atoms with Crippen LogP contribution >= 0.6 is 0 Å². The second kappa shape index (κ2) is 4.00. The number of benzene rings is 1. The van der Waals surface area contributed by atoms with E-state index in [-0.39, 0.29) is 5.56 Å². The monoisotopic (exact) mass is 216 g/mol. The van der Waals surface area contributed by atoms with Crippen molar-refractivity contribution in [3.63, 3.8) is 0 Å². The molecule has 1 N–H and O–H groups in total. The number of para-hydroxylation sites is 1. The van der Waals surface area contributed by atoms with Gasteiger partial charge in [-0.25, -0.2) is 4.68 Å². The first-order valence-corrected chi connectivity index (χ1v) is 5.48. The summed E-state index contributed by atoms with van der Waals surface area (Å²) < 4.78 is 1.60. The molecule has 0 aliphatic carbocycles. The number of nitrogens with one attached hydrogen (secondary N) is 1. The van der Waals surface area contributed by atoms with Gasteiger partial charge in [0.25, 0.3) is 5.56 Å². The fourth-order valence-corrected chi connectivity index (χ4v) is 1.86. The molecule has 0 bridgehead atoms. The van der Waals surface area contributed by atoms with Gasteiger partial charge in [0.05, 0.1) is 5.69 Å². The molecule has 0 aliphatic rings. The highest BCUT2D eigenvalue weighted by Gasteiger charge is 2.13. The maximum absolute atomic E-state index is 12.0. The summed E-state index contributed by atoms with van der Waals surface area (Å²) in [6.45, 7) is 6.02. The lowest BCUT2D eigenvalue weighted by Crippen LogP contribution is -2.15. The van der Waals surface area contributed by atoms with Crippen LogP contribution in [0, 0.1) is 6.92 Å². The normalized spacial score (nSPS) is 11.0. The van der Waals surface area contributed by atoms with Crippen molar-refractivity contribution in [3.8, 4) is 5.69 Å². The Bertz CT molecular complexity index is 535. The number of aromatic nitrogens is 2. The first-order valence-electron chi connectivity index (χ1n) is 5.48. The van der Waals surface area contributed by atoms with Crippen molar-refractivity contribution >= 4 is 0 Å². The van der Waals surface area contributed by atoms with Crippen LogP contribution in [0.25, 0.3) is 5.69 Å². The highest BCUT2D eigenvalue weighted by atomic mass is 16.1. The standard InChI is InChI=1S/C13H16N2O/c1-9(2)12-10(3)13(16)15(14-12)11-7-5-4-6-8-11/h4-9,14H,1-3H3. The predicted octanol–water partition coefficient (Wildman–Crippen LogP) is 2.60. The molecule has 84 valence electrons. The average Bonchev–Trinajstić information content (AvgIpc) is 2.58. The van der Waals surface area contributed by atoms with Gasteiger partial charge in [0.2, 0.25) is 0 Å². The summed E-state index contributed by atoms with van der Waals surface area (Å²) in [5.74, 6) is 0.331. The summed E-state index contributed by atoms with van der Waals surface area (Å²) >= 11 is 0. The maximum Gasteiger partial charge on any atom is 0.274 e. The van der Waals surface area contributed by atoms with E-state index < -0.39 is 0 Å². The third kappa shape index (κ3) is 1.69. The molecule has 0 unspecified atom stereocenters. The average molecular weight is 216 g/mol. The van der Waals surface area contributed by atoms with Gasteiger partial charge in [-0.3, -0.25) is 9.89 Å². The van der Waals surface area contributed by atoms with Gasteiger partial charge in [-0.2, -0.15) is 0 Å². The van der Waals surface area contributed by atoms with Gasteiger partial charge in [0.15, 0.2) is 0 Å². The largest absolute Gasteiger partial charge is 0.294 e. The number of hydrogen-bond donors (Lipinski definition) is 1. The summed E-state index contributed by atoms with van der Waals surface area (Å²) in [6.07, 6.45) is 0. The van der Waals surface area contributed by atoms with Gasteiger partial charge >= 0.3 is 0 Å². The van der Waals surface area contributed by atoms with Crippen LogP contribution in [0.4, 0.5) is 0 Å². The molecule has 0 fully saturated rings. The van der Waals surface area contributed by atoms with Crippen molar-refractivity contribution in [1.82, 2.24) is 9.78 Å². The molecule has 0 atom stereocenters. The number of nitrogens with zero attached hydrogens (tertiary/aromatic N) is 1. The molecule has 0 radical (unpaired) electrons. The number of aromatic amines is 1. The van der Waals surface area contributed by atoms with Crippen LogP contribution in [0.5, 0.6) is 0 Å². The zero-order chi connectivity index (χ0) is 11.7. The Kier molecular flexibility index (Phi) is 2.69. The van der Waals surface area contributed by atoms with Gasteiger partial charge in [-0.05, 0) is 25.0 Å². The molecule has 16 heavy (non-hydrogen) atoms. The van der Waals surface area contributed by atoms with E-state index in [9.17, 15) is 4.79 Å². The molecule has 3 nitrogen and oxygen atoms in total. The number of hydrogen-bond acceptors (Lipinski definition) is 1. The summed E-state index contributed by atoms with van der Waals surface area (Å²) in [5, 5.41) is 3.17. The van der Waals surface area contributed by atoms with Crippen molar-refractivity contribution in [3.05, 3.63) is 51.9 Å². The van der Waals surface area contributed by atoms with Gasteiger partial charge in [-0.1, -0.05) is 32.0 Å². The van der Waals surface area contributed by atoms with E-state index in [1.54, 1.807) is 4.68 Å². The van der Waals surface area contributed by atoms with E-state index >= 15 is 0 Å². The first-order chi connectivity index (χ1) is 7.61. The summed E-state index contributed by atoms with van der Waals surface area (Å²) in [4.78, 5) is 12.0. The zero-order valence-electron chi connectivity index (χ0n) is 9.82. The van der Waals surface area contributed by atoms with Crippen molar-refractivity contribution < 1.29 is 0 Å². The molecule has 2 aromatic rings. The lowest BCUT2D eigenvalue weighted by Gasteiger charge is -2.03. The molecular weight excluding hydrogens is 200 g/mol. The van der Waals surface area contributed by atoms with Crippen LogP contribution in [0.3, 0.4) is 0 Å². The summed E-state index contributed by atoms with van der Waals surface area (Å²) in [5.41, 5.74) is 2.73. The van der Waals surface area contributed by atoms with Gasteiger partial charge in [-0.15, -0.1) is 0 Å². The van der Waals surface area contributed by atoms with Gasteiger partial charge < -0.3 is 0 Å². The predicted molar refractivity (Wildman–Crippen MR) is 65.2 cm³/mol. The smallest absolute Gasteiger partial charge is 0.274 e. The molecule has 0 aliphatic heterocycles. The minimum Gasteiger partial charge on any atom is -0.294 e. The Labute approximate surface area is 94.7 Å². The van der Waals surface area contributed by atoms with Crippen molar-refractivity contribution in [2.45, 2.75) is 26.7 Å². The van der Waals surface area contributed by atoms with Crippen molar-refractivity contribution in [1.29, 1.82) is 0 Å². The van der Waals surface area contributed by atoms with E-state index in [2.05, 4.69) is 18.9 Å². The van der Waals surface area contributed by atoms with Crippen molar-refractivity contribution in [2.75, 3.05) is 0 Å². The molecule has 0 saturated heterocycles. The molecule has 1 heterocycles. The third-order valence-corrected chi connectivity index (χ3v) is 2.75. The highest BCUT2D eigenvalue weighted by molar-refractivity contribution is 5.33. The molecule has 3 heteroatoms. The zero-order valence-corrected chi connectivity index (χ0v) is 9.82. The Morgan fingerprint density at radius 1 is 1.19 bits per heavy atom. The fourth-order valence-electron chi connectivity index (χ4n) is 1.86. The minimum atomic E-state index is 0.0369. The topological polar surface area (TPSA) is 37.8 Å². The quantitative estimate of drug-likeness (QED) is 0.823. The summed E-state index contributed by atoms with van der Waals surface area (Å²) in [6, 6.07) is 9.62. The Hall–Kier alpha value is -1.77. The second-order valence-electron chi connectivity index (χ2n) is 4.28.